The molecule has 1 saturated heterocycles. The summed E-state index contributed by atoms with van der Waals surface area (Å²) in [6.07, 6.45) is 1.10. The standard InChI is InChI=1S/C11H23N3O/c1-4-6-13(3)9-11(15)14-7-5-12-10(2)8-14/h10,12H,4-9H2,1-3H3/t10-/m0/s1. The molecule has 0 aliphatic carbocycles. The van der Waals surface area contributed by atoms with Crippen molar-refractivity contribution in [1.29, 1.82) is 0 Å². The van der Waals surface area contributed by atoms with Crippen molar-refractivity contribution < 1.29 is 4.79 Å². The minimum atomic E-state index is 0.263. The quantitative estimate of drug-likeness (QED) is 0.722. The Labute approximate surface area is 92.6 Å². The van der Waals surface area contributed by atoms with Crippen LogP contribution in [0.4, 0.5) is 0 Å². The van der Waals surface area contributed by atoms with Crippen molar-refractivity contribution in [3.63, 3.8) is 0 Å². The van der Waals surface area contributed by atoms with Crippen LogP contribution < -0.4 is 5.32 Å². The Kier molecular flexibility index (Phi) is 5.05. The minimum absolute atomic E-state index is 0.263. The molecule has 88 valence electrons. The third-order valence-corrected chi connectivity index (χ3v) is 2.73. The topological polar surface area (TPSA) is 35.6 Å². The fraction of sp³-hybridized carbons (Fsp3) is 0.909. The number of carbonyl (C=O) groups excluding carboxylic acids is 1. The molecule has 0 aromatic carbocycles. The molecular weight excluding hydrogens is 190 g/mol. The normalized spacial score (nSPS) is 22.1. The number of amides is 1. The van der Waals surface area contributed by atoms with Crippen molar-refractivity contribution in [2.75, 3.05) is 39.8 Å². The summed E-state index contributed by atoms with van der Waals surface area (Å²) in [5.41, 5.74) is 0. The first-order valence-electron chi connectivity index (χ1n) is 5.83. The summed E-state index contributed by atoms with van der Waals surface area (Å²) in [6, 6.07) is 0.430. The van der Waals surface area contributed by atoms with Gasteiger partial charge in [0, 0.05) is 25.7 Å². The van der Waals surface area contributed by atoms with Gasteiger partial charge in [0.1, 0.15) is 0 Å². The van der Waals surface area contributed by atoms with E-state index in [2.05, 4.69) is 24.1 Å². The zero-order valence-corrected chi connectivity index (χ0v) is 10.1. The molecule has 0 unspecified atom stereocenters. The van der Waals surface area contributed by atoms with E-state index in [4.69, 9.17) is 0 Å². The molecule has 15 heavy (non-hydrogen) atoms. The van der Waals surface area contributed by atoms with Crippen LogP contribution in [0.3, 0.4) is 0 Å². The first-order chi connectivity index (χ1) is 7.13. The molecule has 1 atom stereocenters. The molecule has 1 rings (SSSR count). The summed E-state index contributed by atoms with van der Waals surface area (Å²) >= 11 is 0. The van der Waals surface area contributed by atoms with Crippen molar-refractivity contribution in [2.45, 2.75) is 26.3 Å². The van der Waals surface area contributed by atoms with Gasteiger partial charge in [-0.1, -0.05) is 6.92 Å². The lowest BCUT2D eigenvalue weighted by Crippen LogP contribution is -2.53. The predicted octanol–water partition coefficient (Wildman–Crippen LogP) is 0.149. The number of rotatable bonds is 4. The Morgan fingerprint density at radius 1 is 1.60 bits per heavy atom. The predicted molar refractivity (Wildman–Crippen MR) is 61.8 cm³/mol. The van der Waals surface area contributed by atoms with Crippen molar-refractivity contribution >= 4 is 5.91 Å². The van der Waals surface area contributed by atoms with E-state index in [9.17, 15) is 4.79 Å². The highest BCUT2D eigenvalue weighted by molar-refractivity contribution is 5.78. The molecule has 0 saturated carbocycles. The highest BCUT2D eigenvalue weighted by Crippen LogP contribution is 2.00. The molecular formula is C11H23N3O. The molecule has 1 heterocycles. The molecule has 1 aliphatic rings. The highest BCUT2D eigenvalue weighted by Gasteiger charge is 2.20. The van der Waals surface area contributed by atoms with Crippen LogP contribution in [0.25, 0.3) is 0 Å². The van der Waals surface area contributed by atoms with Crippen LogP contribution in [0.15, 0.2) is 0 Å². The number of hydrogen-bond donors (Lipinski definition) is 1. The van der Waals surface area contributed by atoms with Gasteiger partial charge in [-0.05, 0) is 26.9 Å². The maximum absolute atomic E-state index is 11.9. The Balaban J connectivity index is 2.32. The van der Waals surface area contributed by atoms with Gasteiger partial charge in [-0.15, -0.1) is 0 Å². The Bertz CT molecular complexity index is 208. The number of nitrogens with one attached hydrogen (secondary N) is 1. The van der Waals surface area contributed by atoms with Crippen molar-refractivity contribution in [2.24, 2.45) is 0 Å². The fourth-order valence-electron chi connectivity index (χ4n) is 1.95. The summed E-state index contributed by atoms with van der Waals surface area (Å²) in [5, 5.41) is 3.34. The number of likely N-dealkylation sites (N-methyl/N-ethyl adjacent to an activating group) is 1. The third kappa shape index (κ3) is 4.18. The summed E-state index contributed by atoms with van der Waals surface area (Å²) in [4.78, 5) is 15.9. The minimum Gasteiger partial charge on any atom is -0.339 e. The van der Waals surface area contributed by atoms with E-state index in [1.165, 1.54) is 0 Å². The molecule has 0 spiro atoms. The van der Waals surface area contributed by atoms with Gasteiger partial charge in [0.2, 0.25) is 5.91 Å². The molecule has 0 aromatic heterocycles. The first-order valence-corrected chi connectivity index (χ1v) is 5.83. The van der Waals surface area contributed by atoms with E-state index in [-0.39, 0.29) is 5.91 Å². The van der Waals surface area contributed by atoms with Crippen LogP contribution in [0, 0.1) is 0 Å². The van der Waals surface area contributed by atoms with Gasteiger partial charge in [0.25, 0.3) is 0 Å². The summed E-state index contributed by atoms with van der Waals surface area (Å²) in [7, 11) is 2.01. The van der Waals surface area contributed by atoms with E-state index in [0.29, 0.717) is 12.6 Å². The SMILES string of the molecule is CCCN(C)CC(=O)N1CCN[C@@H](C)C1. The van der Waals surface area contributed by atoms with Crippen LogP contribution in [0.1, 0.15) is 20.3 Å². The van der Waals surface area contributed by atoms with Crippen molar-refractivity contribution in [3.8, 4) is 0 Å². The van der Waals surface area contributed by atoms with Crippen LogP contribution in [0.5, 0.6) is 0 Å². The average molecular weight is 213 g/mol. The average Bonchev–Trinajstić information content (AvgIpc) is 2.18. The van der Waals surface area contributed by atoms with Gasteiger partial charge in [-0.25, -0.2) is 0 Å². The Hall–Kier alpha value is -0.610. The maximum atomic E-state index is 11.9. The van der Waals surface area contributed by atoms with Gasteiger partial charge in [0.05, 0.1) is 6.54 Å². The molecule has 0 bridgehead atoms. The van der Waals surface area contributed by atoms with E-state index in [1.807, 2.05) is 11.9 Å². The number of hydrogen-bond acceptors (Lipinski definition) is 3. The molecule has 4 nitrogen and oxygen atoms in total. The van der Waals surface area contributed by atoms with Gasteiger partial charge in [-0.2, -0.15) is 0 Å². The molecule has 1 aliphatic heterocycles. The molecule has 1 amide bonds. The second kappa shape index (κ2) is 6.08. The Morgan fingerprint density at radius 3 is 2.93 bits per heavy atom. The lowest BCUT2D eigenvalue weighted by atomic mass is 10.2. The number of carbonyl (C=O) groups is 1. The maximum Gasteiger partial charge on any atom is 0.236 e. The van der Waals surface area contributed by atoms with Crippen LogP contribution >= 0.6 is 0 Å². The van der Waals surface area contributed by atoms with Crippen LogP contribution in [-0.2, 0) is 4.79 Å². The lowest BCUT2D eigenvalue weighted by Gasteiger charge is -2.33. The largest absolute Gasteiger partial charge is 0.339 e. The van der Waals surface area contributed by atoms with Crippen LogP contribution in [0.2, 0.25) is 0 Å². The van der Waals surface area contributed by atoms with Gasteiger partial charge < -0.3 is 10.2 Å². The lowest BCUT2D eigenvalue weighted by molar-refractivity contribution is -0.133. The molecule has 1 N–H and O–H groups in total. The van der Waals surface area contributed by atoms with E-state index in [1.54, 1.807) is 0 Å². The van der Waals surface area contributed by atoms with E-state index < -0.39 is 0 Å². The van der Waals surface area contributed by atoms with Gasteiger partial charge >= 0.3 is 0 Å². The van der Waals surface area contributed by atoms with Gasteiger partial charge in [-0.3, -0.25) is 9.69 Å². The molecule has 0 radical (unpaired) electrons. The monoisotopic (exact) mass is 213 g/mol. The molecule has 4 heteroatoms. The zero-order chi connectivity index (χ0) is 11.3. The summed E-state index contributed by atoms with van der Waals surface area (Å²) < 4.78 is 0. The Morgan fingerprint density at radius 2 is 2.33 bits per heavy atom. The molecule has 0 aromatic rings. The van der Waals surface area contributed by atoms with Gasteiger partial charge in [0.15, 0.2) is 0 Å². The fourth-order valence-corrected chi connectivity index (χ4v) is 1.95. The number of piperazine rings is 1. The first kappa shape index (κ1) is 12.5. The van der Waals surface area contributed by atoms with Crippen LogP contribution in [-0.4, -0.2) is 61.5 Å². The summed E-state index contributed by atoms with van der Waals surface area (Å²) in [6.45, 7) is 8.42. The zero-order valence-electron chi connectivity index (χ0n) is 10.1. The summed E-state index contributed by atoms with van der Waals surface area (Å²) in [5.74, 6) is 0.263. The van der Waals surface area contributed by atoms with Crippen molar-refractivity contribution in [3.05, 3.63) is 0 Å². The smallest absolute Gasteiger partial charge is 0.236 e. The highest BCUT2D eigenvalue weighted by atomic mass is 16.2. The van der Waals surface area contributed by atoms with E-state index in [0.717, 1.165) is 32.6 Å². The third-order valence-electron chi connectivity index (χ3n) is 2.73. The van der Waals surface area contributed by atoms with Crippen molar-refractivity contribution in [1.82, 2.24) is 15.1 Å². The van der Waals surface area contributed by atoms with E-state index >= 15 is 0 Å². The second-order valence-electron chi connectivity index (χ2n) is 4.43. The number of nitrogens with zero attached hydrogens (tertiary/aromatic N) is 2. The second-order valence-corrected chi connectivity index (χ2v) is 4.43. The molecule has 1 fully saturated rings.